The lowest BCUT2D eigenvalue weighted by molar-refractivity contribution is 0.0174. The SMILES string of the molecule is CC(C)(C)[SiH2]OC(C)(C)[C@@H]1CN(C(=O)O)C[C@H]1CO. The van der Waals surface area contributed by atoms with Gasteiger partial charge in [0.1, 0.15) is 0 Å². The average Bonchev–Trinajstić information content (AvgIpc) is 2.70. The van der Waals surface area contributed by atoms with Crippen LogP contribution >= 0.6 is 0 Å². The Bertz CT molecular complexity index is 327. The Hall–Kier alpha value is -0.593. The number of amides is 1. The summed E-state index contributed by atoms with van der Waals surface area (Å²) < 4.78 is 6.15. The van der Waals surface area contributed by atoms with Crippen LogP contribution in [0, 0.1) is 11.8 Å². The van der Waals surface area contributed by atoms with Crippen LogP contribution < -0.4 is 0 Å². The van der Waals surface area contributed by atoms with E-state index in [0.29, 0.717) is 13.1 Å². The van der Waals surface area contributed by atoms with Gasteiger partial charge in [0.25, 0.3) is 0 Å². The lowest BCUT2D eigenvalue weighted by Crippen LogP contribution is -2.42. The fourth-order valence-electron chi connectivity index (χ4n) is 2.51. The molecule has 0 aromatic rings. The van der Waals surface area contributed by atoms with Crippen molar-refractivity contribution in [2.45, 2.75) is 45.3 Å². The highest BCUT2D eigenvalue weighted by molar-refractivity contribution is 6.31. The standard InChI is InChI=1S/C13H27NO4Si/c1-12(2,3)19-18-13(4,5)10-7-14(11(16)17)6-9(10)8-15/h9-10,15H,6-8,19H2,1-5H3,(H,16,17)/t9-,10+/m0/s1. The molecule has 1 amide bonds. The van der Waals surface area contributed by atoms with Crippen molar-refractivity contribution in [1.29, 1.82) is 0 Å². The van der Waals surface area contributed by atoms with E-state index in [2.05, 4.69) is 20.8 Å². The van der Waals surface area contributed by atoms with Gasteiger partial charge in [-0.3, -0.25) is 0 Å². The molecule has 5 nitrogen and oxygen atoms in total. The minimum atomic E-state index is -0.912. The van der Waals surface area contributed by atoms with E-state index in [0.717, 1.165) is 0 Å². The molecule has 0 aliphatic carbocycles. The Morgan fingerprint density at radius 1 is 1.32 bits per heavy atom. The molecule has 0 bridgehead atoms. The number of hydrogen-bond donors (Lipinski definition) is 2. The lowest BCUT2D eigenvalue weighted by Gasteiger charge is -2.37. The van der Waals surface area contributed by atoms with E-state index < -0.39 is 15.9 Å². The Morgan fingerprint density at radius 2 is 1.89 bits per heavy atom. The van der Waals surface area contributed by atoms with Gasteiger partial charge < -0.3 is 19.5 Å². The van der Waals surface area contributed by atoms with Crippen molar-refractivity contribution in [3.8, 4) is 0 Å². The van der Waals surface area contributed by atoms with Crippen LogP contribution in [0.5, 0.6) is 0 Å². The van der Waals surface area contributed by atoms with Gasteiger partial charge in [-0.1, -0.05) is 20.8 Å². The highest BCUT2D eigenvalue weighted by Crippen LogP contribution is 2.36. The molecule has 6 heteroatoms. The van der Waals surface area contributed by atoms with Crippen molar-refractivity contribution in [1.82, 2.24) is 4.90 Å². The second-order valence-electron chi connectivity index (χ2n) is 7.19. The Labute approximate surface area is 117 Å². The third-order valence-electron chi connectivity index (χ3n) is 3.72. The van der Waals surface area contributed by atoms with E-state index in [4.69, 9.17) is 9.53 Å². The summed E-state index contributed by atoms with van der Waals surface area (Å²) in [6.45, 7) is 11.4. The van der Waals surface area contributed by atoms with Gasteiger partial charge in [0.15, 0.2) is 9.76 Å². The third kappa shape index (κ3) is 4.47. The molecule has 0 spiro atoms. The van der Waals surface area contributed by atoms with Crippen molar-refractivity contribution in [2.24, 2.45) is 11.8 Å². The molecule has 112 valence electrons. The van der Waals surface area contributed by atoms with Crippen LogP contribution in [0.4, 0.5) is 4.79 Å². The van der Waals surface area contributed by atoms with E-state index in [1.807, 2.05) is 13.8 Å². The maximum atomic E-state index is 11.1. The quantitative estimate of drug-likeness (QED) is 0.765. The highest BCUT2D eigenvalue weighted by atomic mass is 28.2. The van der Waals surface area contributed by atoms with Crippen LogP contribution in [-0.2, 0) is 4.43 Å². The number of carbonyl (C=O) groups is 1. The van der Waals surface area contributed by atoms with Gasteiger partial charge in [-0.25, -0.2) is 4.79 Å². The number of aliphatic hydroxyl groups is 1. The van der Waals surface area contributed by atoms with Gasteiger partial charge >= 0.3 is 6.09 Å². The van der Waals surface area contributed by atoms with Gasteiger partial charge in [-0.05, 0) is 18.9 Å². The first-order valence-corrected chi connectivity index (χ1v) is 8.08. The molecule has 0 radical (unpaired) electrons. The van der Waals surface area contributed by atoms with E-state index in [1.54, 1.807) is 0 Å². The molecule has 0 aromatic carbocycles. The summed E-state index contributed by atoms with van der Waals surface area (Å²) in [5.74, 6) is 0.0310. The number of aliphatic hydroxyl groups excluding tert-OH is 1. The molecule has 0 saturated carbocycles. The maximum Gasteiger partial charge on any atom is 0.407 e. The van der Waals surface area contributed by atoms with Gasteiger partial charge in [0.2, 0.25) is 0 Å². The smallest absolute Gasteiger partial charge is 0.407 e. The van der Waals surface area contributed by atoms with Crippen LogP contribution in [0.25, 0.3) is 0 Å². The Morgan fingerprint density at radius 3 is 2.32 bits per heavy atom. The summed E-state index contributed by atoms with van der Waals surface area (Å²) >= 11 is 0. The van der Waals surface area contributed by atoms with E-state index in [-0.39, 0.29) is 29.1 Å². The van der Waals surface area contributed by atoms with Crippen molar-refractivity contribution in [3.63, 3.8) is 0 Å². The van der Waals surface area contributed by atoms with Crippen molar-refractivity contribution < 1.29 is 19.4 Å². The molecule has 0 unspecified atom stereocenters. The highest BCUT2D eigenvalue weighted by Gasteiger charge is 2.44. The van der Waals surface area contributed by atoms with Gasteiger partial charge in [0.05, 0.1) is 5.60 Å². The molecule has 2 atom stereocenters. The first-order chi connectivity index (χ1) is 8.57. The summed E-state index contributed by atoms with van der Waals surface area (Å²) in [6.07, 6.45) is -0.912. The summed E-state index contributed by atoms with van der Waals surface area (Å²) in [7, 11) is -0.702. The molecular formula is C13H27NO4Si. The largest absolute Gasteiger partial charge is 0.465 e. The van der Waals surface area contributed by atoms with Crippen molar-refractivity contribution >= 4 is 15.9 Å². The van der Waals surface area contributed by atoms with Crippen LogP contribution in [0.15, 0.2) is 0 Å². The van der Waals surface area contributed by atoms with Crippen LogP contribution in [0.3, 0.4) is 0 Å². The molecule has 1 rings (SSSR count). The first-order valence-electron chi connectivity index (χ1n) is 6.79. The van der Waals surface area contributed by atoms with Crippen LogP contribution in [0.2, 0.25) is 5.04 Å². The zero-order valence-corrected chi connectivity index (χ0v) is 14.1. The number of carboxylic acid groups (broad SMARTS) is 1. The number of nitrogens with zero attached hydrogens (tertiary/aromatic N) is 1. The van der Waals surface area contributed by atoms with E-state index >= 15 is 0 Å². The van der Waals surface area contributed by atoms with Gasteiger partial charge in [-0.15, -0.1) is 0 Å². The normalized spacial score (nSPS) is 25.5. The molecule has 2 N–H and O–H groups in total. The Kier molecular flexibility index (Phi) is 5.03. The molecule has 1 heterocycles. The molecule has 1 aliphatic heterocycles. The summed E-state index contributed by atoms with van der Waals surface area (Å²) in [6, 6.07) is 0. The maximum absolute atomic E-state index is 11.1. The fraction of sp³-hybridized carbons (Fsp3) is 0.923. The predicted octanol–water partition coefficient (Wildman–Crippen LogP) is 1.30. The third-order valence-corrected chi connectivity index (χ3v) is 5.47. The molecule has 0 aromatic heterocycles. The van der Waals surface area contributed by atoms with E-state index in [1.165, 1.54) is 4.90 Å². The van der Waals surface area contributed by atoms with E-state index in [9.17, 15) is 9.90 Å². The predicted molar refractivity (Wildman–Crippen MR) is 77.1 cm³/mol. The van der Waals surface area contributed by atoms with Gasteiger partial charge in [-0.2, -0.15) is 0 Å². The van der Waals surface area contributed by atoms with Crippen LogP contribution in [0.1, 0.15) is 34.6 Å². The summed E-state index contributed by atoms with van der Waals surface area (Å²) in [5, 5.41) is 18.8. The topological polar surface area (TPSA) is 70.0 Å². The number of likely N-dealkylation sites (tertiary alicyclic amines) is 1. The molecular weight excluding hydrogens is 262 g/mol. The minimum Gasteiger partial charge on any atom is -0.465 e. The molecule has 19 heavy (non-hydrogen) atoms. The average molecular weight is 289 g/mol. The Balaban J connectivity index is 2.72. The summed E-state index contributed by atoms with van der Waals surface area (Å²) in [5.41, 5.74) is -0.378. The zero-order chi connectivity index (χ0) is 14.8. The second kappa shape index (κ2) is 5.81. The van der Waals surface area contributed by atoms with Crippen molar-refractivity contribution in [2.75, 3.05) is 19.7 Å². The monoisotopic (exact) mass is 289 g/mol. The second-order valence-corrected chi connectivity index (χ2v) is 9.89. The number of rotatable bonds is 4. The minimum absolute atomic E-state index is 0.0122. The first kappa shape index (κ1) is 16.5. The molecule has 1 saturated heterocycles. The number of hydrogen-bond acceptors (Lipinski definition) is 3. The summed E-state index contributed by atoms with van der Waals surface area (Å²) in [4.78, 5) is 12.4. The fourth-order valence-corrected chi connectivity index (χ4v) is 3.53. The molecule has 1 aliphatic rings. The van der Waals surface area contributed by atoms with Crippen LogP contribution in [-0.4, -0.2) is 56.3 Å². The molecule has 1 fully saturated rings. The van der Waals surface area contributed by atoms with Gasteiger partial charge in [0, 0.05) is 31.5 Å². The van der Waals surface area contributed by atoms with Crippen molar-refractivity contribution in [3.05, 3.63) is 0 Å². The zero-order valence-electron chi connectivity index (χ0n) is 12.6. The lowest BCUT2D eigenvalue weighted by atomic mass is 9.83.